The fourth-order valence-corrected chi connectivity index (χ4v) is 4.52. The van der Waals surface area contributed by atoms with Crippen LogP contribution in [0.3, 0.4) is 0 Å². The average Bonchev–Trinajstić information content (AvgIpc) is 3.15. The molecule has 0 saturated carbocycles. The molecule has 36 heavy (non-hydrogen) atoms. The molecule has 0 spiro atoms. The van der Waals surface area contributed by atoms with E-state index in [0.29, 0.717) is 21.0 Å². The fourth-order valence-electron chi connectivity index (χ4n) is 3.59. The molecule has 14 heteroatoms. The van der Waals surface area contributed by atoms with Gasteiger partial charge in [-0.3, -0.25) is 19.3 Å². The lowest BCUT2D eigenvalue weighted by Gasteiger charge is -2.39. The molecule has 9 nitrogen and oxygen atoms in total. The van der Waals surface area contributed by atoms with Crippen LogP contribution in [0.15, 0.2) is 42.5 Å². The lowest BCUT2D eigenvalue weighted by molar-refractivity contribution is -0.166. The molecule has 0 bridgehead atoms. The molecule has 0 radical (unpaired) electrons. The second kappa shape index (κ2) is 11.3. The van der Waals surface area contributed by atoms with Gasteiger partial charge in [0.2, 0.25) is 12.3 Å². The van der Waals surface area contributed by atoms with Crippen LogP contribution in [0.4, 0.5) is 28.4 Å². The maximum Gasteiger partial charge on any atom is 0.404 e. The summed E-state index contributed by atoms with van der Waals surface area (Å²) in [5.41, 5.74) is 4.98. The predicted molar refractivity (Wildman–Crippen MR) is 124 cm³/mol. The van der Waals surface area contributed by atoms with Gasteiger partial charge in [-0.1, -0.05) is 17.4 Å². The molecule has 2 aromatic carbocycles. The molecule has 4 rings (SSSR count). The van der Waals surface area contributed by atoms with Crippen LogP contribution >= 0.6 is 11.3 Å². The Kier molecular flexibility index (Phi) is 8.42. The van der Waals surface area contributed by atoms with E-state index >= 15 is 0 Å². The highest BCUT2D eigenvalue weighted by atomic mass is 32.1. The van der Waals surface area contributed by atoms with E-state index in [1.165, 1.54) is 47.4 Å². The number of fused-ring (bicyclic) bond motifs is 1. The number of anilines is 2. The molecule has 2 heterocycles. The summed E-state index contributed by atoms with van der Waals surface area (Å²) in [5.74, 6) is -5.00. The molecule has 1 aromatic heterocycles. The SMILES string of the molecule is NC=O.O=C(O)CN1CC(NC(=O)C(c2ccc3nc(Nc4ccc(F)cc4)sc3c2)C(F)(F)F)C1. The maximum absolute atomic E-state index is 13.8. The van der Waals surface area contributed by atoms with Gasteiger partial charge in [0.1, 0.15) is 5.82 Å². The van der Waals surface area contributed by atoms with Crippen molar-refractivity contribution in [3.05, 3.63) is 53.8 Å². The topological polar surface area (TPSA) is 138 Å². The first-order valence-electron chi connectivity index (χ1n) is 10.4. The number of nitrogens with zero attached hydrogens (tertiary/aromatic N) is 2. The summed E-state index contributed by atoms with van der Waals surface area (Å²) in [6.07, 6.45) is -4.57. The Hall–Kier alpha value is -3.78. The number of aromatic nitrogens is 1. The molecule has 5 N–H and O–H groups in total. The molecular weight excluding hydrogens is 506 g/mol. The smallest absolute Gasteiger partial charge is 0.404 e. The quantitative estimate of drug-likeness (QED) is 0.274. The highest BCUT2D eigenvalue weighted by molar-refractivity contribution is 7.22. The Morgan fingerprint density at radius 2 is 1.86 bits per heavy atom. The number of carbonyl (C=O) groups is 3. The van der Waals surface area contributed by atoms with Crippen molar-refractivity contribution in [2.75, 3.05) is 25.0 Å². The number of benzene rings is 2. The molecule has 1 aliphatic rings. The molecule has 1 fully saturated rings. The first kappa shape index (κ1) is 26.8. The van der Waals surface area contributed by atoms with Gasteiger partial charge < -0.3 is 21.5 Å². The third kappa shape index (κ3) is 6.88. The number of rotatable bonds is 7. The molecule has 192 valence electrons. The number of thiazole rings is 1. The highest BCUT2D eigenvalue weighted by Crippen LogP contribution is 2.38. The van der Waals surface area contributed by atoms with Gasteiger partial charge in [-0.15, -0.1) is 0 Å². The van der Waals surface area contributed by atoms with Gasteiger partial charge in [0.25, 0.3) is 0 Å². The van der Waals surface area contributed by atoms with E-state index in [2.05, 4.69) is 21.4 Å². The molecule has 1 atom stereocenters. The minimum Gasteiger partial charge on any atom is -0.480 e. The lowest BCUT2D eigenvalue weighted by atomic mass is 9.96. The van der Waals surface area contributed by atoms with Gasteiger partial charge in [0.05, 0.1) is 22.8 Å². The number of aliphatic carboxylic acids is 1. The number of carboxylic acid groups (broad SMARTS) is 1. The first-order valence-corrected chi connectivity index (χ1v) is 11.2. The standard InChI is InChI=1S/C21H18F4N4O3S.CH3NO/c22-12-2-4-13(5-3-12)27-20-28-15-6-1-11(7-16(15)33-20)18(21(23,24)25)19(32)26-14-8-29(9-14)10-17(30)31;2-1-3/h1-7,14,18H,8-10H2,(H,26,32)(H,27,28)(H,30,31);1H,(H2,2,3). The van der Waals surface area contributed by atoms with Crippen molar-refractivity contribution in [3.8, 4) is 0 Å². The lowest BCUT2D eigenvalue weighted by Crippen LogP contribution is -2.61. The van der Waals surface area contributed by atoms with Crippen LogP contribution in [-0.4, -0.2) is 65.1 Å². The number of hydrogen-bond donors (Lipinski definition) is 4. The van der Waals surface area contributed by atoms with Crippen molar-refractivity contribution in [2.45, 2.75) is 18.1 Å². The monoisotopic (exact) mass is 527 g/mol. The van der Waals surface area contributed by atoms with Crippen molar-refractivity contribution in [3.63, 3.8) is 0 Å². The number of nitrogens with one attached hydrogen (secondary N) is 2. The minimum atomic E-state index is -4.82. The number of nitrogens with two attached hydrogens (primary N) is 1. The van der Waals surface area contributed by atoms with Crippen molar-refractivity contribution in [1.29, 1.82) is 0 Å². The van der Waals surface area contributed by atoms with Crippen LogP contribution in [0, 0.1) is 5.82 Å². The normalized spacial score (nSPS) is 14.8. The highest BCUT2D eigenvalue weighted by Gasteiger charge is 2.47. The fraction of sp³-hybridized carbons (Fsp3) is 0.273. The Labute approximate surface area is 205 Å². The second-order valence-corrected chi connectivity index (χ2v) is 8.81. The zero-order valence-electron chi connectivity index (χ0n) is 18.5. The Bertz CT molecular complexity index is 1230. The van der Waals surface area contributed by atoms with Gasteiger partial charge in [-0.25, -0.2) is 9.37 Å². The van der Waals surface area contributed by atoms with Crippen LogP contribution in [0.25, 0.3) is 10.2 Å². The van der Waals surface area contributed by atoms with Crippen molar-refractivity contribution in [1.82, 2.24) is 15.2 Å². The summed E-state index contributed by atoms with van der Waals surface area (Å²) in [4.78, 5) is 37.6. The number of carbonyl (C=O) groups excluding carboxylic acids is 2. The summed E-state index contributed by atoms with van der Waals surface area (Å²) in [6.45, 7) is 0.120. The Balaban J connectivity index is 0.00000115. The number of carboxylic acids is 1. The third-order valence-electron chi connectivity index (χ3n) is 5.09. The van der Waals surface area contributed by atoms with Crippen molar-refractivity contribution in [2.24, 2.45) is 5.73 Å². The van der Waals surface area contributed by atoms with Crippen molar-refractivity contribution >= 4 is 50.7 Å². The van der Waals surface area contributed by atoms with Gasteiger partial charge >= 0.3 is 12.1 Å². The summed E-state index contributed by atoms with van der Waals surface area (Å²) < 4.78 is 54.9. The van der Waals surface area contributed by atoms with Gasteiger partial charge in [0.15, 0.2) is 11.0 Å². The summed E-state index contributed by atoms with van der Waals surface area (Å²) in [6, 6.07) is 8.94. The van der Waals surface area contributed by atoms with E-state index in [9.17, 15) is 27.2 Å². The number of hydrogen-bond acceptors (Lipinski definition) is 7. The number of primary amides is 1. The molecule has 1 unspecified atom stereocenters. The van der Waals surface area contributed by atoms with Crippen LogP contribution in [-0.2, 0) is 14.4 Å². The van der Waals surface area contributed by atoms with E-state index in [0.717, 1.165) is 11.3 Å². The largest absolute Gasteiger partial charge is 0.480 e. The Morgan fingerprint density at radius 3 is 2.44 bits per heavy atom. The summed E-state index contributed by atoms with van der Waals surface area (Å²) in [5, 5.41) is 14.5. The summed E-state index contributed by atoms with van der Waals surface area (Å²) in [7, 11) is 0. The van der Waals surface area contributed by atoms with Crippen LogP contribution in [0.5, 0.6) is 0 Å². The average molecular weight is 528 g/mol. The number of amides is 2. The second-order valence-electron chi connectivity index (χ2n) is 7.78. The van der Waals surface area contributed by atoms with E-state index in [4.69, 9.17) is 9.90 Å². The number of likely N-dealkylation sites (tertiary alicyclic amines) is 1. The predicted octanol–water partition coefficient (Wildman–Crippen LogP) is 2.81. The van der Waals surface area contributed by atoms with E-state index in [-0.39, 0.29) is 31.6 Å². The van der Waals surface area contributed by atoms with Crippen LogP contribution in [0.1, 0.15) is 11.5 Å². The molecular formula is C22H21F4N5O4S. The number of halogens is 4. The zero-order chi connectivity index (χ0) is 26.5. The minimum absolute atomic E-state index is 0.176. The number of alkyl halides is 3. The molecule has 2 amide bonds. The molecule has 0 aliphatic carbocycles. The van der Waals surface area contributed by atoms with Gasteiger partial charge in [-0.2, -0.15) is 13.2 Å². The maximum atomic E-state index is 13.8. The molecule has 3 aromatic rings. The van der Waals surface area contributed by atoms with Gasteiger partial charge in [-0.05, 0) is 42.0 Å². The van der Waals surface area contributed by atoms with Crippen LogP contribution < -0.4 is 16.4 Å². The van der Waals surface area contributed by atoms with Gasteiger partial charge in [0, 0.05) is 18.8 Å². The zero-order valence-corrected chi connectivity index (χ0v) is 19.3. The van der Waals surface area contributed by atoms with E-state index in [1.54, 1.807) is 0 Å². The third-order valence-corrected chi connectivity index (χ3v) is 6.03. The summed E-state index contributed by atoms with van der Waals surface area (Å²) >= 11 is 1.11. The molecule has 1 aliphatic heterocycles. The van der Waals surface area contributed by atoms with E-state index < -0.39 is 35.8 Å². The Morgan fingerprint density at radius 1 is 1.22 bits per heavy atom. The van der Waals surface area contributed by atoms with Crippen molar-refractivity contribution < 1.29 is 37.1 Å². The van der Waals surface area contributed by atoms with E-state index in [1.807, 2.05) is 0 Å². The molecule has 1 saturated heterocycles. The first-order chi connectivity index (χ1) is 17.0. The van der Waals surface area contributed by atoms with Crippen LogP contribution in [0.2, 0.25) is 0 Å².